The smallest absolute Gasteiger partial charge is 0.258 e. The van der Waals surface area contributed by atoms with Crippen LogP contribution in [-0.4, -0.2) is 5.91 Å². The molecule has 0 saturated heterocycles. The number of benzene rings is 1. The van der Waals surface area contributed by atoms with E-state index in [4.69, 9.17) is 40.5 Å². The highest BCUT2D eigenvalue weighted by Gasteiger charge is 2.16. The summed E-state index contributed by atoms with van der Waals surface area (Å²) in [5.41, 5.74) is 6.78. The summed E-state index contributed by atoms with van der Waals surface area (Å²) in [4.78, 5) is 12.0. The minimum atomic E-state index is -0.400. The summed E-state index contributed by atoms with van der Waals surface area (Å²) in [5.74, 6) is -0.400. The molecule has 0 atom stereocenters. The summed E-state index contributed by atoms with van der Waals surface area (Å²) in [5, 5.41) is 2.98. The van der Waals surface area contributed by atoms with Crippen LogP contribution in [0.4, 0.5) is 11.4 Å². The summed E-state index contributed by atoms with van der Waals surface area (Å²) < 4.78 is 0.764. The SMILES string of the molecule is Nc1cccc(Cl)c1NC(=O)c1cc(Cl)sc1Cl. The first-order chi connectivity index (χ1) is 8.49. The van der Waals surface area contributed by atoms with Crippen LogP contribution in [0.25, 0.3) is 0 Å². The average Bonchev–Trinajstić information content (AvgIpc) is 2.63. The standard InChI is InChI=1S/C11H7Cl3N2OS/c12-6-2-1-3-7(15)9(6)16-11(17)5-4-8(13)18-10(5)14/h1-4H,15H2,(H,16,17). The molecule has 0 saturated carbocycles. The lowest BCUT2D eigenvalue weighted by molar-refractivity contribution is 0.102. The van der Waals surface area contributed by atoms with Crippen molar-refractivity contribution in [2.24, 2.45) is 0 Å². The fourth-order valence-corrected chi connectivity index (χ4v) is 3.04. The Labute approximate surface area is 122 Å². The first-order valence-corrected chi connectivity index (χ1v) is 6.74. The molecule has 1 heterocycles. The van der Waals surface area contributed by atoms with Crippen molar-refractivity contribution in [3.63, 3.8) is 0 Å². The van der Waals surface area contributed by atoms with Crippen molar-refractivity contribution in [3.8, 4) is 0 Å². The number of para-hydroxylation sites is 1. The van der Waals surface area contributed by atoms with Gasteiger partial charge in [0, 0.05) is 0 Å². The van der Waals surface area contributed by atoms with Crippen molar-refractivity contribution in [1.29, 1.82) is 0 Å². The van der Waals surface area contributed by atoms with Gasteiger partial charge in [0.2, 0.25) is 0 Å². The van der Waals surface area contributed by atoms with Crippen LogP contribution in [0.3, 0.4) is 0 Å². The van der Waals surface area contributed by atoms with Gasteiger partial charge in [0.25, 0.3) is 5.91 Å². The Balaban J connectivity index is 2.30. The van der Waals surface area contributed by atoms with Gasteiger partial charge in [-0.3, -0.25) is 4.79 Å². The maximum Gasteiger partial charge on any atom is 0.258 e. The molecule has 0 radical (unpaired) electrons. The Morgan fingerprint density at radius 2 is 2.00 bits per heavy atom. The van der Waals surface area contributed by atoms with Gasteiger partial charge in [0.15, 0.2) is 0 Å². The Morgan fingerprint density at radius 3 is 2.56 bits per heavy atom. The molecule has 0 aliphatic carbocycles. The fraction of sp³-hybridized carbons (Fsp3) is 0. The van der Waals surface area contributed by atoms with Gasteiger partial charge in [-0.25, -0.2) is 0 Å². The van der Waals surface area contributed by atoms with Crippen molar-refractivity contribution in [2.75, 3.05) is 11.1 Å². The Morgan fingerprint density at radius 1 is 1.28 bits per heavy atom. The molecular formula is C11H7Cl3N2OS. The Bertz CT molecular complexity index is 592. The number of hydrogen-bond acceptors (Lipinski definition) is 3. The monoisotopic (exact) mass is 320 g/mol. The number of amides is 1. The van der Waals surface area contributed by atoms with Crippen molar-refractivity contribution >= 4 is 63.4 Å². The molecular weight excluding hydrogens is 315 g/mol. The Kier molecular flexibility index (Phi) is 4.02. The van der Waals surface area contributed by atoms with Crippen LogP contribution in [0, 0.1) is 0 Å². The third-order valence-electron chi connectivity index (χ3n) is 2.19. The second kappa shape index (κ2) is 5.36. The van der Waals surface area contributed by atoms with Gasteiger partial charge in [-0.1, -0.05) is 40.9 Å². The molecule has 3 nitrogen and oxygen atoms in total. The van der Waals surface area contributed by atoms with E-state index in [-0.39, 0.29) is 0 Å². The van der Waals surface area contributed by atoms with Crippen molar-refractivity contribution in [3.05, 3.63) is 43.5 Å². The molecule has 2 aromatic rings. The van der Waals surface area contributed by atoms with E-state index in [9.17, 15) is 4.79 Å². The van der Waals surface area contributed by atoms with E-state index in [1.54, 1.807) is 18.2 Å². The number of hydrogen-bond donors (Lipinski definition) is 2. The zero-order valence-electron chi connectivity index (χ0n) is 8.84. The normalized spacial score (nSPS) is 10.4. The number of anilines is 2. The molecule has 94 valence electrons. The molecule has 7 heteroatoms. The number of rotatable bonds is 2. The van der Waals surface area contributed by atoms with Crippen LogP contribution < -0.4 is 11.1 Å². The highest BCUT2D eigenvalue weighted by Crippen LogP contribution is 2.33. The molecule has 0 spiro atoms. The van der Waals surface area contributed by atoms with Gasteiger partial charge in [-0.05, 0) is 18.2 Å². The van der Waals surface area contributed by atoms with E-state index < -0.39 is 5.91 Å². The van der Waals surface area contributed by atoms with Gasteiger partial charge in [0.05, 0.1) is 26.3 Å². The van der Waals surface area contributed by atoms with Crippen LogP contribution in [0.5, 0.6) is 0 Å². The van der Waals surface area contributed by atoms with E-state index in [1.807, 2.05) is 0 Å². The van der Waals surface area contributed by atoms with Crippen LogP contribution in [-0.2, 0) is 0 Å². The Hall–Kier alpha value is -0.940. The average molecular weight is 322 g/mol. The highest BCUT2D eigenvalue weighted by atomic mass is 35.5. The number of nitrogens with one attached hydrogen (secondary N) is 1. The van der Waals surface area contributed by atoms with E-state index in [0.29, 0.717) is 30.6 Å². The quantitative estimate of drug-likeness (QED) is 0.798. The van der Waals surface area contributed by atoms with Gasteiger partial charge in [-0.15, -0.1) is 11.3 Å². The number of nitrogens with two attached hydrogens (primary N) is 1. The zero-order chi connectivity index (χ0) is 13.3. The minimum absolute atomic E-state index is 0.297. The fourth-order valence-electron chi connectivity index (χ4n) is 1.35. The first kappa shape index (κ1) is 13.5. The van der Waals surface area contributed by atoms with Crippen LogP contribution in [0.2, 0.25) is 13.7 Å². The lowest BCUT2D eigenvalue weighted by atomic mass is 10.2. The minimum Gasteiger partial charge on any atom is -0.397 e. The number of carbonyl (C=O) groups is 1. The maximum atomic E-state index is 12.0. The second-order valence-corrected chi connectivity index (χ2v) is 6.09. The van der Waals surface area contributed by atoms with E-state index in [1.165, 1.54) is 6.07 Å². The molecule has 1 amide bonds. The lowest BCUT2D eigenvalue weighted by Gasteiger charge is -2.09. The molecule has 1 aromatic heterocycles. The van der Waals surface area contributed by atoms with E-state index >= 15 is 0 Å². The first-order valence-electron chi connectivity index (χ1n) is 4.79. The molecule has 1 aromatic carbocycles. The van der Waals surface area contributed by atoms with Gasteiger partial charge < -0.3 is 11.1 Å². The van der Waals surface area contributed by atoms with Crippen LogP contribution in [0.1, 0.15) is 10.4 Å². The summed E-state index contributed by atoms with van der Waals surface area (Å²) >= 11 is 18.8. The summed E-state index contributed by atoms with van der Waals surface area (Å²) in [7, 11) is 0. The van der Waals surface area contributed by atoms with Gasteiger partial charge in [0.1, 0.15) is 4.34 Å². The van der Waals surface area contributed by atoms with E-state index in [0.717, 1.165) is 11.3 Å². The molecule has 0 aliphatic heterocycles. The third kappa shape index (κ3) is 2.72. The van der Waals surface area contributed by atoms with Crippen molar-refractivity contribution in [1.82, 2.24) is 0 Å². The van der Waals surface area contributed by atoms with Gasteiger partial charge in [-0.2, -0.15) is 0 Å². The summed E-state index contributed by atoms with van der Waals surface area (Å²) in [6, 6.07) is 6.47. The highest BCUT2D eigenvalue weighted by molar-refractivity contribution is 7.20. The molecule has 0 fully saturated rings. The van der Waals surface area contributed by atoms with Crippen molar-refractivity contribution in [2.45, 2.75) is 0 Å². The van der Waals surface area contributed by atoms with E-state index in [2.05, 4.69) is 5.32 Å². The number of thiophene rings is 1. The molecule has 0 aliphatic rings. The predicted molar refractivity (Wildman–Crippen MR) is 78.2 cm³/mol. The third-order valence-corrected chi connectivity index (χ3v) is 3.99. The molecule has 3 N–H and O–H groups in total. The molecule has 0 bridgehead atoms. The summed E-state index contributed by atoms with van der Waals surface area (Å²) in [6.45, 7) is 0. The lowest BCUT2D eigenvalue weighted by Crippen LogP contribution is -2.13. The van der Waals surface area contributed by atoms with Gasteiger partial charge >= 0.3 is 0 Å². The van der Waals surface area contributed by atoms with Crippen LogP contribution in [0.15, 0.2) is 24.3 Å². The predicted octanol–water partition coefficient (Wildman–Crippen LogP) is 4.54. The number of halogens is 3. The number of nitrogen functional groups attached to an aromatic ring is 1. The summed E-state index contributed by atoms with van der Waals surface area (Å²) in [6.07, 6.45) is 0. The maximum absolute atomic E-state index is 12.0. The van der Waals surface area contributed by atoms with Crippen LogP contribution >= 0.6 is 46.1 Å². The topological polar surface area (TPSA) is 55.1 Å². The van der Waals surface area contributed by atoms with Crippen molar-refractivity contribution < 1.29 is 4.79 Å². The largest absolute Gasteiger partial charge is 0.397 e. The number of carbonyl (C=O) groups excluding carboxylic acids is 1. The zero-order valence-corrected chi connectivity index (χ0v) is 11.9. The molecule has 0 unspecified atom stereocenters. The molecule has 2 rings (SSSR count). The molecule has 18 heavy (non-hydrogen) atoms. The second-order valence-electron chi connectivity index (χ2n) is 3.40.